The van der Waals surface area contributed by atoms with Gasteiger partial charge < -0.3 is 15.8 Å². The standard InChI is InChI=1S/C16H28N2O/c1-11-9-14(7-8-18-10-16(4,5)17)12(2)13(3)15(11)19-6/h9,18H,7-8,10,17H2,1-6H3. The minimum Gasteiger partial charge on any atom is -0.496 e. The van der Waals surface area contributed by atoms with Gasteiger partial charge in [-0.05, 0) is 69.8 Å². The minimum atomic E-state index is -0.152. The Balaban J connectivity index is 2.70. The van der Waals surface area contributed by atoms with E-state index in [2.05, 4.69) is 32.2 Å². The number of benzene rings is 1. The van der Waals surface area contributed by atoms with E-state index in [1.54, 1.807) is 7.11 Å². The van der Waals surface area contributed by atoms with Crippen molar-refractivity contribution < 1.29 is 4.74 Å². The van der Waals surface area contributed by atoms with Crippen LogP contribution in [0.2, 0.25) is 0 Å². The van der Waals surface area contributed by atoms with Crippen molar-refractivity contribution in [3.8, 4) is 5.75 Å². The van der Waals surface area contributed by atoms with Crippen LogP contribution in [0.3, 0.4) is 0 Å². The third-order valence-corrected chi connectivity index (χ3v) is 3.49. The number of aryl methyl sites for hydroxylation is 1. The third-order valence-electron chi connectivity index (χ3n) is 3.49. The summed E-state index contributed by atoms with van der Waals surface area (Å²) < 4.78 is 5.45. The zero-order chi connectivity index (χ0) is 14.6. The number of hydrogen-bond acceptors (Lipinski definition) is 3. The van der Waals surface area contributed by atoms with Crippen LogP contribution < -0.4 is 15.8 Å². The number of nitrogens with one attached hydrogen (secondary N) is 1. The number of rotatable bonds is 6. The summed E-state index contributed by atoms with van der Waals surface area (Å²) in [5.41, 5.74) is 11.0. The van der Waals surface area contributed by atoms with Crippen LogP contribution in [0.4, 0.5) is 0 Å². The molecule has 0 saturated carbocycles. The Hall–Kier alpha value is -1.06. The monoisotopic (exact) mass is 264 g/mol. The molecule has 0 bridgehead atoms. The lowest BCUT2D eigenvalue weighted by Crippen LogP contribution is -2.43. The number of ether oxygens (including phenoxy) is 1. The molecule has 3 heteroatoms. The molecule has 1 aromatic carbocycles. The van der Waals surface area contributed by atoms with E-state index in [1.807, 2.05) is 13.8 Å². The molecular weight excluding hydrogens is 236 g/mol. The zero-order valence-electron chi connectivity index (χ0n) is 13.2. The fourth-order valence-corrected chi connectivity index (χ4v) is 2.35. The Bertz CT molecular complexity index is 433. The van der Waals surface area contributed by atoms with E-state index in [9.17, 15) is 0 Å². The van der Waals surface area contributed by atoms with Gasteiger partial charge in [0.15, 0.2) is 0 Å². The van der Waals surface area contributed by atoms with E-state index in [0.29, 0.717) is 0 Å². The molecule has 1 rings (SSSR count). The molecule has 0 aliphatic heterocycles. The highest BCUT2D eigenvalue weighted by Gasteiger charge is 2.12. The van der Waals surface area contributed by atoms with Crippen LogP contribution >= 0.6 is 0 Å². The molecule has 0 amide bonds. The van der Waals surface area contributed by atoms with Crippen LogP contribution in [0.5, 0.6) is 5.75 Å². The molecule has 0 aliphatic carbocycles. The fourth-order valence-electron chi connectivity index (χ4n) is 2.35. The molecule has 0 atom stereocenters. The van der Waals surface area contributed by atoms with Crippen LogP contribution in [-0.4, -0.2) is 25.7 Å². The van der Waals surface area contributed by atoms with E-state index in [1.165, 1.54) is 22.3 Å². The second kappa shape index (κ2) is 6.40. The third kappa shape index (κ3) is 4.51. The van der Waals surface area contributed by atoms with Crippen molar-refractivity contribution in [1.29, 1.82) is 0 Å². The first-order valence-corrected chi connectivity index (χ1v) is 6.89. The first kappa shape index (κ1) is 16.0. The molecule has 0 saturated heterocycles. The van der Waals surface area contributed by atoms with Gasteiger partial charge in [-0.25, -0.2) is 0 Å². The van der Waals surface area contributed by atoms with Crippen molar-refractivity contribution >= 4 is 0 Å². The lowest BCUT2D eigenvalue weighted by atomic mass is 9.96. The molecule has 0 unspecified atom stereocenters. The smallest absolute Gasteiger partial charge is 0.124 e. The molecule has 0 heterocycles. The molecule has 3 N–H and O–H groups in total. The van der Waals surface area contributed by atoms with Crippen molar-refractivity contribution in [2.45, 2.75) is 46.6 Å². The summed E-state index contributed by atoms with van der Waals surface area (Å²) in [7, 11) is 1.74. The molecule has 0 fully saturated rings. The predicted octanol–water partition coefficient (Wildman–Crippen LogP) is 2.49. The van der Waals surface area contributed by atoms with Gasteiger partial charge >= 0.3 is 0 Å². The Morgan fingerprint density at radius 1 is 1.21 bits per heavy atom. The number of methoxy groups -OCH3 is 1. The maximum Gasteiger partial charge on any atom is 0.124 e. The molecule has 0 radical (unpaired) electrons. The first-order chi connectivity index (χ1) is 8.76. The Kier molecular flexibility index (Phi) is 5.39. The Morgan fingerprint density at radius 3 is 2.37 bits per heavy atom. The van der Waals surface area contributed by atoms with Crippen molar-refractivity contribution in [3.05, 3.63) is 28.3 Å². The van der Waals surface area contributed by atoms with Crippen molar-refractivity contribution in [1.82, 2.24) is 5.32 Å². The Morgan fingerprint density at radius 2 is 1.84 bits per heavy atom. The van der Waals surface area contributed by atoms with Gasteiger partial charge in [-0.3, -0.25) is 0 Å². The highest BCUT2D eigenvalue weighted by Crippen LogP contribution is 2.28. The number of nitrogens with two attached hydrogens (primary N) is 1. The van der Waals surface area contributed by atoms with Gasteiger partial charge in [0.05, 0.1) is 7.11 Å². The zero-order valence-corrected chi connectivity index (χ0v) is 13.2. The molecule has 3 nitrogen and oxygen atoms in total. The van der Waals surface area contributed by atoms with E-state index in [-0.39, 0.29) is 5.54 Å². The lowest BCUT2D eigenvalue weighted by molar-refractivity contribution is 0.408. The summed E-state index contributed by atoms with van der Waals surface area (Å²) in [5.74, 6) is 1.01. The van der Waals surface area contributed by atoms with Crippen molar-refractivity contribution in [3.63, 3.8) is 0 Å². The molecular formula is C16H28N2O. The normalized spacial score (nSPS) is 11.7. The maximum absolute atomic E-state index is 5.95. The van der Waals surface area contributed by atoms with E-state index in [0.717, 1.165) is 25.3 Å². The predicted molar refractivity (Wildman–Crippen MR) is 82.0 cm³/mol. The van der Waals surface area contributed by atoms with Gasteiger partial charge in [0.1, 0.15) is 5.75 Å². The van der Waals surface area contributed by atoms with E-state index >= 15 is 0 Å². The second-order valence-electron chi connectivity index (χ2n) is 6.05. The van der Waals surface area contributed by atoms with Gasteiger partial charge in [0, 0.05) is 12.1 Å². The van der Waals surface area contributed by atoms with Gasteiger partial charge in [-0.15, -0.1) is 0 Å². The summed E-state index contributed by atoms with van der Waals surface area (Å²) in [4.78, 5) is 0. The molecule has 0 aromatic heterocycles. The minimum absolute atomic E-state index is 0.152. The van der Waals surface area contributed by atoms with Crippen molar-refractivity contribution in [2.75, 3.05) is 20.2 Å². The van der Waals surface area contributed by atoms with Crippen LogP contribution in [0.15, 0.2) is 6.07 Å². The Labute approximate surface area is 117 Å². The molecule has 1 aromatic rings. The average Bonchev–Trinajstić information content (AvgIpc) is 2.30. The molecule has 19 heavy (non-hydrogen) atoms. The van der Waals surface area contributed by atoms with Crippen LogP contribution in [0.25, 0.3) is 0 Å². The van der Waals surface area contributed by atoms with Gasteiger partial charge in [0.25, 0.3) is 0 Å². The topological polar surface area (TPSA) is 47.3 Å². The van der Waals surface area contributed by atoms with E-state index < -0.39 is 0 Å². The maximum atomic E-state index is 5.95. The molecule has 0 spiro atoms. The molecule has 108 valence electrons. The summed E-state index contributed by atoms with van der Waals surface area (Å²) >= 11 is 0. The van der Waals surface area contributed by atoms with E-state index in [4.69, 9.17) is 10.5 Å². The highest BCUT2D eigenvalue weighted by molar-refractivity contribution is 5.49. The van der Waals surface area contributed by atoms with Gasteiger partial charge in [-0.2, -0.15) is 0 Å². The first-order valence-electron chi connectivity index (χ1n) is 6.89. The SMILES string of the molecule is COc1c(C)cc(CCNCC(C)(C)N)c(C)c1C. The fraction of sp³-hybridized carbons (Fsp3) is 0.625. The second-order valence-corrected chi connectivity index (χ2v) is 6.05. The van der Waals surface area contributed by atoms with Crippen LogP contribution in [0.1, 0.15) is 36.1 Å². The summed E-state index contributed by atoms with van der Waals surface area (Å²) in [6.07, 6.45) is 1.02. The summed E-state index contributed by atoms with van der Waals surface area (Å²) in [5, 5.41) is 3.41. The van der Waals surface area contributed by atoms with Gasteiger partial charge in [-0.1, -0.05) is 6.07 Å². The molecule has 0 aliphatic rings. The van der Waals surface area contributed by atoms with Crippen molar-refractivity contribution in [2.24, 2.45) is 5.73 Å². The van der Waals surface area contributed by atoms with Crippen LogP contribution in [0, 0.1) is 20.8 Å². The summed E-state index contributed by atoms with van der Waals surface area (Å²) in [6, 6.07) is 2.23. The summed E-state index contributed by atoms with van der Waals surface area (Å²) in [6.45, 7) is 12.2. The van der Waals surface area contributed by atoms with Gasteiger partial charge in [0.2, 0.25) is 0 Å². The van der Waals surface area contributed by atoms with Crippen LogP contribution in [-0.2, 0) is 6.42 Å². The largest absolute Gasteiger partial charge is 0.496 e. The lowest BCUT2D eigenvalue weighted by Gasteiger charge is -2.20. The number of hydrogen-bond donors (Lipinski definition) is 2. The quantitative estimate of drug-likeness (QED) is 0.776. The highest BCUT2D eigenvalue weighted by atomic mass is 16.5. The average molecular weight is 264 g/mol.